The molecule has 0 unspecified atom stereocenters. The van der Waals surface area contributed by atoms with Crippen LogP contribution in [0.25, 0.3) is 10.9 Å². The molecule has 2 heteroatoms. The molecule has 0 atom stereocenters. The zero-order valence-corrected chi connectivity index (χ0v) is 11.8. The molecule has 2 rings (SSSR count). The minimum absolute atomic E-state index is 0.0173. The van der Waals surface area contributed by atoms with Crippen LogP contribution >= 0.6 is 0 Å². The van der Waals surface area contributed by atoms with E-state index in [1.165, 1.54) is 10.9 Å². The van der Waals surface area contributed by atoms with Gasteiger partial charge in [-0.15, -0.1) is 0 Å². The van der Waals surface area contributed by atoms with Crippen molar-refractivity contribution in [1.29, 1.82) is 5.26 Å². The molecule has 0 bridgehead atoms. The molecule has 1 aromatic heterocycles. The third-order valence-corrected chi connectivity index (χ3v) is 3.39. The molecule has 0 saturated carbocycles. The largest absolute Gasteiger partial charge is 0.342 e. The van der Waals surface area contributed by atoms with Gasteiger partial charge in [-0.25, -0.2) is 0 Å². The van der Waals surface area contributed by atoms with Crippen molar-refractivity contribution in [3.05, 3.63) is 36.0 Å². The van der Waals surface area contributed by atoms with Gasteiger partial charge in [0.1, 0.15) is 0 Å². The maximum absolute atomic E-state index is 9.36. The smallest absolute Gasteiger partial charge is 0.0787 e. The number of hydrogen-bond acceptors (Lipinski definition) is 1. The van der Waals surface area contributed by atoms with Gasteiger partial charge in [0.15, 0.2) is 0 Å². The van der Waals surface area contributed by atoms with E-state index in [9.17, 15) is 5.26 Å². The lowest BCUT2D eigenvalue weighted by atomic mass is 9.86. The highest BCUT2D eigenvalue weighted by molar-refractivity contribution is 5.85. The number of fused-ring (bicyclic) bond motifs is 1. The molecule has 0 amide bonds. The molecule has 0 aliphatic rings. The third kappa shape index (κ3) is 1.90. The minimum atomic E-state index is -0.462. The van der Waals surface area contributed by atoms with Gasteiger partial charge < -0.3 is 4.57 Å². The molecule has 0 aliphatic carbocycles. The Kier molecular flexibility index (Phi) is 2.74. The number of aromatic nitrogens is 1. The summed E-state index contributed by atoms with van der Waals surface area (Å²) in [6.45, 7) is 10.5. The fourth-order valence-corrected chi connectivity index (χ4v) is 2.29. The molecule has 0 fully saturated rings. The predicted octanol–water partition coefficient (Wildman–Crippen LogP) is 4.20. The molecule has 0 saturated heterocycles. The zero-order chi connectivity index (χ0) is 13.6. The zero-order valence-electron chi connectivity index (χ0n) is 11.8. The van der Waals surface area contributed by atoms with Crippen LogP contribution in [0.5, 0.6) is 0 Å². The highest BCUT2D eigenvalue weighted by atomic mass is 15.0. The summed E-state index contributed by atoms with van der Waals surface area (Å²) >= 11 is 0. The first-order chi connectivity index (χ1) is 8.27. The van der Waals surface area contributed by atoms with E-state index in [1.807, 2.05) is 26.0 Å². The molecule has 0 N–H and O–H groups in total. The SMILES string of the molecule is CC(C)(C#N)c1cn(C(C)(C)C)c2ccccc12. The van der Waals surface area contributed by atoms with Crippen LogP contribution in [0.2, 0.25) is 0 Å². The maximum atomic E-state index is 9.36. The Morgan fingerprint density at radius 3 is 2.22 bits per heavy atom. The van der Waals surface area contributed by atoms with E-state index in [0.29, 0.717) is 0 Å². The Balaban J connectivity index is 2.83. The van der Waals surface area contributed by atoms with E-state index in [1.54, 1.807) is 0 Å². The van der Waals surface area contributed by atoms with E-state index < -0.39 is 5.41 Å². The highest BCUT2D eigenvalue weighted by Gasteiger charge is 2.27. The van der Waals surface area contributed by atoms with Gasteiger partial charge in [0.25, 0.3) is 0 Å². The topological polar surface area (TPSA) is 28.7 Å². The van der Waals surface area contributed by atoms with Crippen molar-refractivity contribution in [3.63, 3.8) is 0 Å². The Hall–Kier alpha value is -1.75. The second-order valence-electron chi connectivity index (χ2n) is 6.34. The van der Waals surface area contributed by atoms with Gasteiger partial charge in [-0.1, -0.05) is 18.2 Å². The van der Waals surface area contributed by atoms with Crippen LogP contribution in [-0.4, -0.2) is 4.57 Å². The van der Waals surface area contributed by atoms with Crippen molar-refractivity contribution in [2.45, 2.75) is 45.6 Å². The third-order valence-electron chi connectivity index (χ3n) is 3.39. The Morgan fingerprint density at radius 1 is 1.06 bits per heavy atom. The van der Waals surface area contributed by atoms with Crippen LogP contribution in [0.4, 0.5) is 0 Å². The summed E-state index contributed by atoms with van der Waals surface area (Å²) in [6.07, 6.45) is 2.13. The molecule has 0 radical (unpaired) electrons. The summed E-state index contributed by atoms with van der Waals surface area (Å²) in [4.78, 5) is 0. The van der Waals surface area contributed by atoms with Crippen molar-refractivity contribution < 1.29 is 0 Å². The maximum Gasteiger partial charge on any atom is 0.0787 e. The number of nitriles is 1. The van der Waals surface area contributed by atoms with E-state index in [-0.39, 0.29) is 5.54 Å². The van der Waals surface area contributed by atoms with Gasteiger partial charge in [-0.3, -0.25) is 0 Å². The molecule has 1 heterocycles. The summed E-state index contributed by atoms with van der Waals surface area (Å²) < 4.78 is 2.26. The quantitative estimate of drug-likeness (QED) is 0.734. The molecule has 0 spiro atoms. The van der Waals surface area contributed by atoms with Crippen molar-refractivity contribution in [2.75, 3.05) is 0 Å². The monoisotopic (exact) mass is 240 g/mol. The van der Waals surface area contributed by atoms with Gasteiger partial charge in [-0.05, 0) is 46.2 Å². The van der Waals surface area contributed by atoms with Crippen LogP contribution in [0.3, 0.4) is 0 Å². The average molecular weight is 240 g/mol. The second-order valence-corrected chi connectivity index (χ2v) is 6.34. The van der Waals surface area contributed by atoms with Gasteiger partial charge >= 0.3 is 0 Å². The lowest BCUT2D eigenvalue weighted by Crippen LogP contribution is -2.21. The first-order valence-electron chi connectivity index (χ1n) is 6.30. The van der Waals surface area contributed by atoms with Crippen LogP contribution in [0.1, 0.15) is 40.2 Å². The molecular weight excluding hydrogens is 220 g/mol. The number of hydrogen-bond donors (Lipinski definition) is 0. The summed E-state index contributed by atoms with van der Waals surface area (Å²) in [5, 5.41) is 10.5. The van der Waals surface area contributed by atoms with Crippen LogP contribution in [0, 0.1) is 11.3 Å². The molecule has 18 heavy (non-hydrogen) atoms. The molecular formula is C16H20N2. The average Bonchev–Trinajstić information content (AvgIpc) is 2.68. The Morgan fingerprint density at radius 2 is 1.67 bits per heavy atom. The van der Waals surface area contributed by atoms with Gasteiger partial charge in [0.05, 0.1) is 11.5 Å². The van der Waals surface area contributed by atoms with Crippen LogP contribution in [-0.2, 0) is 11.0 Å². The first kappa shape index (κ1) is 12.7. The Labute approximate surface area is 109 Å². The molecule has 2 aromatic rings. The van der Waals surface area contributed by atoms with Crippen molar-refractivity contribution in [3.8, 4) is 6.07 Å². The fourth-order valence-electron chi connectivity index (χ4n) is 2.29. The lowest BCUT2D eigenvalue weighted by Gasteiger charge is -2.22. The van der Waals surface area contributed by atoms with Crippen LogP contribution in [0.15, 0.2) is 30.5 Å². The summed E-state index contributed by atoms with van der Waals surface area (Å²) in [5.74, 6) is 0. The van der Waals surface area contributed by atoms with Gasteiger partial charge in [-0.2, -0.15) is 5.26 Å². The normalized spacial score (nSPS) is 12.7. The second kappa shape index (κ2) is 3.88. The highest BCUT2D eigenvalue weighted by Crippen LogP contribution is 2.34. The van der Waals surface area contributed by atoms with E-state index >= 15 is 0 Å². The first-order valence-corrected chi connectivity index (χ1v) is 6.30. The molecule has 0 aliphatic heterocycles. The Bertz CT molecular complexity index is 619. The number of rotatable bonds is 1. The number of para-hydroxylation sites is 1. The molecule has 2 nitrogen and oxygen atoms in total. The van der Waals surface area contributed by atoms with Gasteiger partial charge in [0, 0.05) is 22.6 Å². The van der Waals surface area contributed by atoms with Crippen molar-refractivity contribution in [2.24, 2.45) is 0 Å². The van der Waals surface area contributed by atoms with Gasteiger partial charge in [0.2, 0.25) is 0 Å². The fraction of sp³-hybridized carbons (Fsp3) is 0.438. The van der Waals surface area contributed by atoms with Crippen molar-refractivity contribution in [1.82, 2.24) is 4.57 Å². The number of benzene rings is 1. The lowest BCUT2D eigenvalue weighted by molar-refractivity contribution is 0.409. The number of nitrogens with zero attached hydrogens (tertiary/aromatic N) is 2. The molecule has 94 valence electrons. The summed E-state index contributed by atoms with van der Waals surface area (Å²) in [6, 6.07) is 10.7. The summed E-state index contributed by atoms with van der Waals surface area (Å²) in [5.41, 5.74) is 1.86. The van der Waals surface area contributed by atoms with Crippen LogP contribution < -0.4 is 0 Å². The minimum Gasteiger partial charge on any atom is -0.342 e. The van der Waals surface area contributed by atoms with E-state index in [0.717, 1.165) is 5.56 Å². The van der Waals surface area contributed by atoms with E-state index in [4.69, 9.17) is 0 Å². The molecule has 1 aromatic carbocycles. The van der Waals surface area contributed by atoms with Crippen molar-refractivity contribution >= 4 is 10.9 Å². The van der Waals surface area contributed by atoms with E-state index in [2.05, 4.69) is 49.7 Å². The predicted molar refractivity (Wildman–Crippen MR) is 75.6 cm³/mol. The standard InChI is InChI=1S/C16H20N2/c1-15(2,3)18-10-13(16(4,5)11-17)12-8-6-7-9-14(12)18/h6-10H,1-5H3. The summed E-state index contributed by atoms with van der Waals surface area (Å²) in [7, 11) is 0.